The summed E-state index contributed by atoms with van der Waals surface area (Å²) in [5.74, 6) is 0.714. The molecule has 1 aliphatic heterocycles. The van der Waals surface area contributed by atoms with Gasteiger partial charge in [0.1, 0.15) is 8.80 Å². The number of hydrogen-bond acceptors (Lipinski definition) is 2. The van der Waals surface area contributed by atoms with Gasteiger partial charge < -0.3 is 0 Å². The molecule has 2 aromatic heterocycles. The highest BCUT2D eigenvalue weighted by molar-refractivity contribution is 6.90. The maximum absolute atomic E-state index is 5.30. The van der Waals surface area contributed by atoms with E-state index in [2.05, 4.69) is 140 Å². The number of fused-ring (bicyclic) bond motifs is 9. The van der Waals surface area contributed by atoms with Gasteiger partial charge in [-0.25, -0.2) is 9.97 Å². The van der Waals surface area contributed by atoms with Crippen molar-refractivity contribution in [3.8, 4) is 39.5 Å². The van der Waals surface area contributed by atoms with Crippen LogP contribution in [0.2, 0.25) is 6.55 Å². The Bertz CT molecular complexity index is 2260. The zero-order valence-electron chi connectivity index (χ0n) is 23.9. The first kappa shape index (κ1) is 23.9. The molecule has 0 amide bonds. The fourth-order valence-electron chi connectivity index (χ4n) is 7.63. The van der Waals surface area contributed by atoms with E-state index in [9.17, 15) is 0 Å². The van der Waals surface area contributed by atoms with Crippen LogP contribution in [-0.2, 0) is 5.41 Å². The van der Waals surface area contributed by atoms with Crippen LogP contribution in [0.1, 0.15) is 25.0 Å². The minimum absolute atomic E-state index is 0.0667. The molecular formula is C38H29N3Si. The first-order valence-electron chi connectivity index (χ1n) is 14.8. The Morgan fingerprint density at radius 1 is 0.643 bits per heavy atom. The van der Waals surface area contributed by atoms with E-state index < -0.39 is 8.80 Å². The van der Waals surface area contributed by atoms with Crippen molar-refractivity contribution in [3.63, 3.8) is 0 Å². The molecule has 5 aromatic carbocycles. The molecule has 7 aromatic rings. The summed E-state index contributed by atoms with van der Waals surface area (Å²) >= 11 is 0. The monoisotopic (exact) mass is 555 g/mol. The van der Waals surface area contributed by atoms with E-state index in [4.69, 9.17) is 9.97 Å². The van der Waals surface area contributed by atoms with Crippen molar-refractivity contribution in [3.05, 3.63) is 127 Å². The summed E-state index contributed by atoms with van der Waals surface area (Å²) in [6, 6.07) is 39.9. The summed E-state index contributed by atoms with van der Waals surface area (Å²) < 4.78 is 2.18. The minimum atomic E-state index is -1.28. The van der Waals surface area contributed by atoms with Crippen LogP contribution in [0.15, 0.2) is 115 Å². The first-order chi connectivity index (χ1) is 20.5. The predicted molar refractivity (Wildman–Crippen MR) is 177 cm³/mol. The van der Waals surface area contributed by atoms with Crippen molar-refractivity contribution in [1.29, 1.82) is 0 Å². The summed E-state index contributed by atoms with van der Waals surface area (Å²) in [6.45, 7) is 7.12. The summed E-state index contributed by atoms with van der Waals surface area (Å²) in [5.41, 5.74) is 12.4. The first-order valence-corrected chi connectivity index (χ1v) is 17.1. The van der Waals surface area contributed by atoms with E-state index in [1.165, 1.54) is 49.5 Å². The van der Waals surface area contributed by atoms with E-state index in [0.717, 1.165) is 22.2 Å². The van der Waals surface area contributed by atoms with Crippen molar-refractivity contribution in [2.75, 3.05) is 0 Å². The van der Waals surface area contributed by atoms with Gasteiger partial charge in [-0.1, -0.05) is 111 Å². The van der Waals surface area contributed by atoms with Crippen molar-refractivity contribution in [1.82, 2.24) is 14.5 Å². The van der Waals surface area contributed by atoms with Crippen LogP contribution >= 0.6 is 0 Å². The van der Waals surface area contributed by atoms with Gasteiger partial charge in [-0.3, -0.25) is 4.57 Å². The third-order valence-electron chi connectivity index (χ3n) is 9.73. The third kappa shape index (κ3) is 3.10. The second-order valence-electron chi connectivity index (χ2n) is 12.3. The molecule has 42 heavy (non-hydrogen) atoms. The quantitative estimate of drug-likeness (QED) is 0.207. The van der Waals surface area contributed by atoms with Gasteiger partial charge in [-0.2, -0.15) is 0 Å². The standard InChI is InChI=1S/C38H29N3Si/c1-38(2)30-13-7-4-10-24(30)25-17-16-23(22-31(25)38)35-28-12-5-8-14-32(28)39-37(40-35)41-21-20-29-33(41)19-18-27-26-11-6-9-15-34(26)42(3)36(27)29/h4-22,42H,1-3H3. The Balaban J connectivity index is 1.24. The lowest BCUT2D eigenvalue weighted by Crippen LogP contribution is -2.34. The van der Waals surface area contributed by atoms with Crippen molar-refractivity contribution in [2.24, 2.45) is 0 Å². The summed E-state index contributed by atoms with van der Waals surface area (Å²) in [7, 11) is -1.28. The van der Waals surface area contributed by atoms with Gasteiger partial charge in [-0.05, 0) is 68.2 Å². The lowest BCUT2D eigenvalue weighted by molar-refractivity contribution is 0.660. The Morgan fingerprint density at radius 3 is 2.29 bits per heavy atom. The molecule has 4 heteroatoms. The molecule has 1 unspecified atom stereocenters. The average molecular weight is 556 g/mol. The van der Waals surface area contributed by atoms with E-state index in [-0.39, 0.29) is 5.41 Å². The largest absolute Gasteiger partial charge is 0.285 e. The SMILES string of the molecule is C[SiH]1c2ccccc2-c2ccc3c(ccn3-c3nc(-c4ccc5c(c4)C(C)(C)c4ccccc4-5)c4ccccc4n3)c21. The van der Waals surface area contributed by atoms with Gasteiger partial charge in [0, 0.05) is 22.6 Å². The predicted octanol–water partition coefficient (Wildman–Crippen LogP) is 7.50. The van der Waals surface area contributed by atoms with Crippen molar-refractivity contribution in [2.45, 2.75) is 25.8 Å². The summed E-state index contributed by atoms with van der Waals surface area (Å²) in [4.78, 5) is 10.4. The molecule has 3 nitrogen and oxygen atoms in total. The lowest BCUT2D eigenvalue weighted by Gasteiger charge is -2.22. The maximum Gasteiger partial charge on any atom is 0.235 e. The minimum Gasteiger partial charge on any atom is -0.285 e. The molecule has 200 valence electrons. The zero-order valence-corrected chi connectivity index (χ0v) is 25.0. The number of para-hydroxylation sites is 1. The van der Waals surface area contributed by atoms with E-state index in [1.807, 2.05) is 0 Å². The van der Waals surface area contributed by atoms with Gasteiger partial charge in [-0.15, -0.1) is 0 Å². The molecule has 0 fully saturated rings. The smallest absolute Gasteiger partial charge is 0.235 e. The molecule has 0 bridgehead atoms. The van der Waals surface area contributed by atoms with Crippen molar-refractivity contribution < 1.29 is 0 Å². The fourth-order valence-corrected chi connectivity index (χ4v) is 10.5. The topological polar surface area (TPSA) is 30.7 Å². The van der Waals surface area contributed by atoms with E-state index >= 15 is 0 Å². The number of rotatable bonds is 2. The van der Waals surface area contributed by atoms with Crippen LogP contribution in [0.3, 0.4) is 0 Å². The van der Waals surface area contributed by atoms with Gasteiger partial charge in [0.15, 0.2) is 0 Å². The molecule has 3 heterocycles. The van der Waals surface area contributed by atoms with Gasteiger partial charge in [0.2, 0.25) is 5.95 Å². The Morgan fingerprint density at radius 2 is 1.38 bits per heavy atom. The number of benzene rings is 5. The molecule has 0 N–H and O–H groups in total. The third-order valence-corrected chi connectivity index (χ3v) is 12.7. The molecule has 2 aliphatic rings. The number of hydrogen-bond donors (Lipinski definition) is 0. The Kier molecular flexibility index (Phi) is 4.75. The second-order valence-corrected chi connectivity index (χ2v) is 14.9. The van der Waals surface area contributed by atoms with Gasteiger partial charge >= 0.3 is 0 Å². The van der Waals surface area contributed by atoms with Crippen LogP contribution in [0, 0.1) is 0 Å². The molecule has 0 saturated heterocycles. The molecular weight excluding hydrogens is 527 g/mol. The maximum atomic E-state index is 5.30. The highest BCUT2D eigenvalue weighted by Crippen LogP contribution is 2.49. The van der Waals surface area contributed by atoms with E-state index in [1.54, 1.807) is 5.19 Å². The molecule has 1 aliphatic carbocycles. The van der Waals surface area contributed by atoms with Crippen LogP contribution < -0.4 is 10.4 Å². The van der Waals surface area contributed by atoms with Crippen LogP contribution in [0.4, 0.5) is 0 Å². The number of nitrogens with zero attached hydrogens (tertiary/aromatic N) is 3. The van der Waals surface area contributed by atoms with Crippen LogP contribution in [0.25, 0.3) is 61.3 Å². The Hall–Kier alpha value is -4.80. The van der Waals surface area contributed by atoms with Crippen molar-refractivity contribution >= 4 is 41.0 Å². The summed E-state index contributed by atoms with van der Waals surface area (Å²) in [5, 5.41) is 5.48. The average Bonchev–Trinajstić information content (AvgIpc) is 3.66. The van der Waals surface area contributed by atoms with Crippen LogP contribution in [-0.4, -0.2) is 23.3 Å². The highest BCUT2D eigenvalue weighted by Gasteiger charge is 2.35. The molecule has 0 saturated carbocycles. The van der Waals surface area contributed by atoms with Crippen LogP contribution in [0.5, 0.6) is 0 Å². The zero-order chi connectivity index (χ0) is 28.2. The summed E-state index contributed by atoms with van der Waals surface area (Å²) in [6.07, 6.45) is 2.16. The molecule has 1 atom stereocenters. The lowest BCUT2D eigenvalue weighted by atomic mass is 9.82. The molecule has 0 spiro atoms. The highest BCUT2D eigenvalue weighted by atomic mass is 28.3. The Labute approximate surface area is 246 Å². The molecule has 9 rings (SSSR count). The number of aromatic nitrogens is 3. The van der Waals surface area contributed by atoms with E-state index in [0.29, 0.717) is 5.95 Å². The second kappa shape index (κ2) is 8.37. The fraction of sp³-hybridized carbons (Fsp3) is 0.105. The molecule has 0 radical (unpaired) electrons. The normalized spacial score (nSPS) is 15.9. The van der Waals surface area contributed by atoms with Gasteiger partial charge in [0.25, 0.3) is 0 Å². The van der Waals surface area contributed by atoms with Gasteiger partial charge in [0.05, 0.1) is 16.7 Å².